The summed E-state index contributed by atoms with van der Waals surface area (Å²) in [7, 11) is 0. The Kier molecular flexibility index (Phi) is 6.90. The predicted molar refractivity (Wildman–Crippen MR) is 127 cm³/mol. The van der Waals surface area contributed by atoms with Crippen LogP contribution in [0.25, 0.3) is 11.3 Å². The molecule has 35 heavy (non-hydrogen) atoms. The molecule has 7 nitrogen and oxygen atoms in total. The third-order valence-electron chi connectivity index (χ3n) is 6.77. The highest BCUT2D eigenvalue weighted by Crippen LogP contribution is 2.29. The molecule has 1 aromatic carbocycles. The Hall–Kier alpha value is -3.14. The van der Waals surface area contributed by atoms with Crippen LogP contribution in [0.4, 0.5) is 24.9 Å². The summed E-state index contributed by atoms with van der Waals surface area (Å²) in [6.07, 6.45) is 6.08. The highest BCUT2D eigenvalue weighted by atomic mass is 19.4. The van der Waals surface area contributed by atoms with Crippen LogP contribution in [-0.2, 0) is 6.18 Å². The number of anilines is 2. The van der Waals surface area contributed by atoms with E-state index in [9.17, 15) is 13.2 Å². The van der Waals surface area contributed by atoms with Crippen LogP contribution in [0.2, 0.25) is 0 Å². The highest BCUT2D eigenvalue weighted by Gasteiger charge is 2.35. The van der Waals surface area contributed by atoms with E-state index in [1.54, 1.807) is 6.20 Å². The van der Waals surface area contributed by atoms with Crippen molar-refractivity contribution in [1.82, 2.24) is 20.3 Å². The zero-order valence-corrected chi connectivity index (χ0v) is 19.3. The maximum atomic E-state index is 12.8. The molecule has 1 saturated carbocycles. The number of alkyl halides is 3. The largest absolute Gasteiger partial charge is 0.451 e. The van der Waals surface area contributed by atoms with E-state index in [4.69, 9.17) is 4.42 Å². The van der Waals surface area contributed by atoms with Crippen LogP contribution in [0, 0.1) is 0 Å². The number of rotatable bonds is 6. The lowest BCUT2D eigenvalue weighted by Gasteiger charge is -2.40. The Balaban J connectivity index is 1.21. The van der Waals surface area contributed by atoms with Crippen LogP contribution < -0.4 is 15.5 Å². The standard InChI is InChI=1S/C25H29F3N6O/c26-25(27,28)23-29-13-19(14-30-23)34-12-6-9-18(16-34)32-20-10-4-5-11-21(20)33-24-31-15-22(35-24)17-7-2-1-3-8-17/h1-3,7-8,13-15,18,20-21,32H,4-6,9-12,16H2,(H,31,33). The van der Waals surface area contributed by atoms with Gasteiger partial charge in [0.1, 0.15) is 0 Å². The Morgan fingerprint density at radius 3 is 2.37 bits per heavy atom. The van der Waals surface area contributed by atoms with Gasteiger partial charge in [-0.05, 0) is 25.7 Å². The zero-order chi connectivity index (χ0) is 24.3. The van der Waals surface area contributed by atoms with Crippen molar-refractivity contribution in [3.8, 4) is 11.3 Å². The van der Waals surface area contributed by atoms with Gasteiger partial charge >= 0.3 is 6.18 Å². The van der Waals surface area contributed by atoms with Gasteiger partial charge in [0.2, 0.25) is 5.82 Å². The number of hydrogen-bond donors (Lipinski definition) is 2. The lowest BCUT2D eigenvalue weighted by Crippen LogP contribution is -2.55. The average Bonchev–Trinajstić information content (AvgIpc) is 3.34. The van der Waals surface area contributed by atoms with Gasteiger partial charge in [-0.15, -0.1) is 0 Å². The van der Waals surface area contributed by atoms with E-state index in [2.05, 4.69) is 30.5 Å². The maximum Gasteiger partial charge on any atom is 0.451 e. The molecule has 3 heterocycles. The van der Waals surface area contributed by atoms with E-state index in [0.29, 0.717) is 18.2 Å². The molecule has 3 aromatic rings. The summed E-state index contributed by atoms with van der Waals surface area (Å²) in [5.74, 6) is -0.374. The Morgan fingerprint density at radius 2 is 1.63 bits per heavy atom. The third-order valence-corrected chi connectivity index (χ3v) is 6.77. The monoisotopic (exact) mass is 486 g/mol. The number of oxazole rings is 1. The first kappa shape index (κ1) is 23.6. The fraction of sp³-hybridized carbons (Fsp3) is 0.480. The number of nitrogens with one attached hydrogen (secondary N) is 2. The van der Waals surface area contributed by atoms with Crippen LogP contribution in [0.3, 0.4) is 0 Å². The summed E-state index contributed by atoms with van der Waals surface area (Å²) in [6, 6.07) is 11.1. The Morgan fingerprint density at radius 1 is 0.886 bits per heavy atom. The molecule has 2 fully saturated rings. The van der Waals surface area contributed by atoms with Gasteiger partial charge in [-0.1, -0.05) is 43.2 Å². The number of hydrogen-bond acceptors (Lipinski definition) is 7. The summed E-state index contributed by atoms with van der Waals surface area (Å²) in [5.41, 5.74) is 1.61. The second-order valence-electron chi connectivity index (χ2n) is 9.25. The van der Waals surface area contributed by atoms with E-state index in [-0.39, 0.29) is 18.1 Å². The normalized spacial score (nSPS) is 23.3. The molecule has 0 bridgehead atoms. The first-order valence-corrected chi connectivity index (χ1v) is 12.1. The molecule has 10 heteroatoms. The number of nitrogens with zero attached hydrogens (tertiary/aromatic N) is 4. The molecule has 5 rings (SSSR count). The van der Waals surface area contributed by atoms with E-state index in [1.807, 2.05) is 30.3 Å². The molecule has 2 aliphatic rings. The van der Waals surface area contributed by atoms with Gasteiger partial charge in [-0.25, -0.2) is 15.0 Å². The lowest BCUT2D eigenvalue weighted by molar-refractivity contribution is -0.144. The minimum atomic E-state index is -4.53. The number of piperidine rings is 1. The van der Waals surface area contributed by atoms with Gasteiger partial charge in [-0.2, -0.15) is 13.2 Å². The van der Waals surface area contributed by atoms with Crippen molar-refractivity contribution in [2.24, 2.45) is 0 Å². The molecule has 0 spiro atoms. The van der Waals surface area contributed by atoms with E-state index in [0.717, 1.165) is 56.4 Å². The van der Waals surface area contributed by atoms with Gasteiger partial charge in [0, 0.05) is 36.8 Å². The Bertz CT molecular complexity index is 1090. The van der Waals surface area contributed by atoms with Gasteiger partial charge in [0.25, 0.3) is 6.01 Å². The van der Waals surface area contributed by atoms with Crippen molar-refractivity contribution in [2.45, 2.75) is 62.8 Å². The number of benzene rings is 1. The van der Waals surface area contributed by atoms with Crippen molar-refractivity contribution in [2.75, 3.05) is 23.3 Å². The van der Waals surface area contributed by atoms with Crippen LogP contribution in [0.1, 0.15) is 44.3 Å². The second kappa shape index (κ2) is 10.2. The number of aromatic nitrogens is 3. The Labute approximate surface area is 202 Å². The van der Waals surface area contributed by atoms with E-state index < -0.39 is 12.0 Å². The van der Waals surface area contributed by atoms with Crippen molar-refractivity contribution in [3.63, 3.8) is 0 Å². The maximum absolute atomic E-state index is 12.8. The predicted octanol–water partition coefficient (Wildman–Crippen LogP) is 5.13. The molecular formula is C25H29F3N6O. The van der Waals surface area contributed by atoms with Crippen LogP contribution in [0.15, 0.2) is 53.3 Å². The summed E-state index contributed by atoms with van der Waals surface area (Å²) in [4.78, 5) is 13.5. The van der Waals surface area contributed by atoms with Crippen LogP contribution in [-0.4, -0.2) is 46.2 Å². The van der Waals surface area contributed by atoms with Crippen molar-refractivity contribution in [3.05, 3.63) is 54.7 Å². The first-order chi connectivity index (χ1) is 17.0. The average molecular weight is 487 g/mol. The smallest absolute Gasteiger partial charge is 0.424 e. The molecule has 1 saturated heterocycles. The summed E-state index contributed by atoms with van der Waals surface area (Å²) in [5, 5.41) is 7.30. The van der Waals surface area contributed by atoms with Crippen molar-refractivity contribution in [1.29, 1.82) is 0 Å². The van der Waals surface area contributed by atoms with Crippen molar-refractivity contribution < 1.29 is 17.6 Å². The zero-order valence-electron chi connectivity index (χ0n) is 19.3. The summed E-state index contributed by atoms with van der Waals surface area (Å²) < 4.78 is 44.4. The van der Waals surface area contributed by atoms with Gasteiger partial charge in [0.15, 0.2) is 5.76 Å². The fourth-order valence-corrected chi connectivity index (χ4v) is 5.02. The topological polar surface area (TPSA) is 79.1 Å². The summed E-state index contributed by atoms with van der Waals surface area (Å²) >= 11 is 0. The molecule has 3 atom stereocenters. The number of halogens is 3. The van der Waals surface area contributed by atoms with Crippen LogP contribution in [0.5, 0.6) is 0 Å². The van der Waals surface area contributed by atoms with E-state index >= 15 is 0 Å². The lowest BCUT2D eigenvalue weighted by atomic mass is 9.89. The highest BCUT2D eigenvalue weighted by molar-refractivity contribution is 5.57. The molecular weight excluding hydrogens is 457 g/mol. The van der Waals surface area contributed by atoms with E-state index in [1.165, 1.54) is 12.4 Å². The molecule has 1 aliphatic carbocycles. The van der Waals surface area contributed by atoms with Crippen molar-refractivity contribution >= 4 is 11.7 Å². The van der Waals surface area contributed by atoms with Gasteiger partial charge in [0.05, 0.1) is 24.3 Å². The molecule has 186 valence electrons. The molecule has 0 radical (unpaired) electrons. The molecule has 2 aromatic heterocycles. The summed E-state index contributed by atoms with van der Waals surface area (Å²) in [6.45, 7) is 1.48. The molecule has 1 aliphatic heterocycles. The minimum Gasteiger partial charge on any atom is -0.424 e. The quantitative estimate of drug-likeness (QED) is 0.500. The SMILES string of the molecule is FC(F)(F)c1ncc(N2CCCC(NC3CCCCC3Nc3ncc(-c4ccccc4)o3)C2)cn1. The molecule has 3 unspecified atom stereocenters. The molecule has 2 N–H and O–H groups in total. The third kappa shape index (κ3) is 5.75. The van der Waals surface area contributed by atoms with Gasteiger partial charge < -0.3 is 20.0 Å². The van der Waals surface area contributed by atoms with Gasteiger partial charge in [-0.3, -0.25) is 0 Å². The second-order valence-corrected chi connectivity index (χ2v) is 9.25. The first-order valence-electron chi connectivity index (χ1n) is 12.1. The minimum absolute atomic E-state index is 0.191. The molecule has 0 amide bonds. The van der Waals surface area contributed by atoms with Crippen LogP contribution >= 0.6 is 0 Å². The fourth-order valence-electron chi connectivity index (χ4n) is 5.02.